The lowest BCUT2D eigenvalue weighted by atomic mass is 10.1. The molecule has 0 bridgehead atoms. The highest BCUT2D eigenvalue weighted by molar-refractivity contribution is 5.96. The lowest BCUT2D eigenvalue weighted by Gasteiger charge is -2.23. The molecule has 0 spiro atoms. The summed E-state index contributed by atoms with van der Waals surface area (Å²) in [5.74, 6) is 2.96. The third-order valence-corrected chi connectivity index (χ3v) is 9.41. The lowest BCUT2D eigenvalue weighted by Crippen LogP contribution is -2.26. The molecule has 6 aromatic carbocycles. The van der Waals surface area contributed by atoms with E-state index < -0.39 is 0 Å². The minimum Gasteiger partial charge on any atom is -0.489 e. The Bertz CT molecular complexity index is 2370. The molecule has 6 rings (SSSR count). The molecule has 0 aliphatic heterocycles. The first-order valence-electron chi connectivity index (χ1n) is 20.4. The Kier molecular flexibility index (Phi) is 15.9. The van der Waals surface area contributed by atoms with E-state index in [2.05, 4.69) is 62.5 Å². The number of hydrogen-bond donors (Lipinski definition) is 9. The Morgan fingerprint density at radius 3 is 0.906 bits per heavy atom. The number of ether oxygens (including phenoxy) is 4. The largest absolute Gasteiger partial charge is 0.489 e. The van der Waals surface area contributed by atoms with Crippen LogP contribution in [0.3, 0.4) is 0 Å². The quantitative estimate of drug-likeness (QED) is 0.0296. The topological polar surface area (TPSA) is 252 Å². The molecule has 0 aromatic heterocycles. The predicted octanol–water partition coefficient (Wildman–Crippen LogP) is 8.10. The van der Waals surface area contributed by atoms with Crippen molar-refractivity contribution < 1.29 is 18.9 Å². The van der Waals surface area contributed by atoms with Gasteiger partial charge >= 0.3 is 0 Å². The highest BCUT2D eigenvalue weighted by Crippen LogP contribution is 2.25. The zero-order valence-corrected chi connectivity index (χ0v) is 36.9. The fourth-order valence-electron chi connectivity index (χ4n) is 6.19. The number of benzene rings is 6. The Hall–Kier alpha value is -8.00. The van der Waals surface area contributed by atoms with E-state index in [1.807, 2.05) is 43.3 Å². The summed E-state index contributed by atoms with van der Waals surface area (Å²) in [6.07, 6.45) is 0. The van der Waals surface area contributed by atoms with Gasteiger partial charge in [0.05, 0.1) is 0 Å². The third kappa shape index (κ3) is 14.9. The van der Waals surface area contributed by atoms with E-state index in [1.165, 1.54) is 0 Å². The van der Waals surface area contributed by atoms with Crippen LogP contribution < -0.4 is 52.1 Å². The van der Waals surface area contributed by atoms with Gasteiger partial charge in [0.15, 0.2) is 0 Å². The van der Waals surface area contributed by atoms with Gasteiger partial charge in [-0.15, -0.1) is 0 Å². The molecule has 0 aliphatic carbocycles. The van der Waals surface area contributed by atoms with Gasteiger partial charge in [0.2, 0.25) is 0 Å². The Balaban J connectivity index is 0.000000241. The smallest absolute Gasteiger partial charge is 0.122 e. The van der Waals surface area contributed by atoms with E-state index in [-0.39, 0.29) is 28.9 Å². The van der Waals surface area contributed by atoms with E-state index in [0.717, 1.165) is 33.6 Å². The fourth-order valence-corrected chi connectivity index (χ4v) is 6.19. The van der Waals surface area contributed by atoms with E-state index in [1.54, 1.807) is 72.8 Å². The van der Waals surface area contributed by atoms with Crippen LogP contribution in [0.4, 0.5) is 11.4 Å². The van der Waals surface area contributed by atoms with E-state index in [4.69, 9.17) is 63.5 Å². The third-order valence-electron chi connectivity index (χ3n) is 9.41. The molecule has 0 atom stereocenters. The zero-order valence-electron chi connectivity index (χ0n) is 36.9. The molecule has 0 saturated heterocycles. The molecular formula is C50H58N10O4. The SMILES string of the molecule is CC(C)(C)Nc1cc(COc2ccc(C(=N)N)cc2)cc(COc2ccc(C(=N)N)cc2)c1.CN(C)c1cc(COc2ccc(C(=N)N)cc2)cc(COc2ccc(C(=N)N)cc2)c1. The number of amidine groups is 4. The van der Waals surface area contributed by atoms with E-state index in [0.29, 0.717) is 71.7 Å². The maximum Gasteiger partial charge on any atom is 0.122 e. The summed E-state index contributed by atoms with van der Waals surface area (Å²) in [5, 5.41) is 33.4. The molecule has 6 aromatic rings. The van der Waals surface area contributed by atoms with Crippen LogP contribution in [0.5, 0.6) is 23.0 Å². The van der Waals surface area contributed by atoms with Crippen molar-refractivity contribution in [1.82, 2.24) is 0 Å². The van der Waals surface area contributed by atoms with Gasteiger partial charge in [-0.25, -0.2) is 0 Å². The molecule has 332 valence electrons. The van der Waals surface area contributed by atoms with Crippen molar-refractivity contribution >= 4 is 34.7 Å². The molecule has 14 nitrogen and oxygen atoms in total. The summed E-state index contributed by atoms with van der Waals surface area (Å²) in [6, 6.07) is 41.0. The molecule has 13 N–H and O–H groups in total. The molecular weight excluding hydrogens is 805 g/mol. The van der Waals surface area contributed by atoms with Crippen LogP contribution in [0.2, 0.25) is 0 Å². The zero-order chi connectivity index (χ0) is 46.4. The lowest BCUT2D eigenvalue weighted by molar-refractivity contribution is 0.299. The first-order chi connectivity index (χ1) is 30.4. The first kappa shape index (κ1) is 47.1. The van der Waals surface area contributed by atoms with Gasteiger partial charge in [-0.1, -0.05) is 0 Å². The van der Waals surface area contributed by atoms with Crippen LogP contribution >= 0.6 is 0 Å². The van der Waals surface area contributed by atoms with Crippen LogP contribution in [-0.4, -0.2) is 43.0 Å². The van der Waals surface area contributed by atoms with Crippen molar-refractivity contribution in [3.8, 4) is 23.0 Å². The summed E-state index contributed by atoms with van der Waals surface area (Å²) < 4.78 is 23.7. The van der Waals surface area contributed by atoms with E-state index >= 15 is 0 Å². The molecule has 14 heteroatoms. The molecule has 0 fully saturated rings. The first-order valence-corrected chi connectivity index (χ1v) is 20.4. The van der Waals surface area contributed by atoms with Gasteiger partial charge in [-0.3, -0.25) is 21.6 Å². The number of nitrogens with zero attached hydrogens (tertiary/aromatic N) is 1. The average molecular weight is 863 g/mol. The van der Waals surface area contributed by atoms with Crippen molar-refractivity contribution in [2.75, 3.05) is 24.3 Å². The molecule has 0 amide bonds. The maximum absolute atomic E-state index is 7.50. The maximum atomic E-state index is 7.50. The highest BCUT2D eigenvalue weighted by atomic mass is 16.5. The van der Waals surface area contributed by atoms with Gasteiger partial charge < -0.3 is 52.1 Å². The van der Waals surface area contributed by atoms with Crippen molar-refractivity contribution in [2.24, 2.45) is 22.9 Å². The van der Waals surface area contributed by atoms with Gasteiger partial charge in [0.1, 0.15) is 72.8 Å². The molecule has 64 heavy (non-hydrogen) atoms. The number of rotatable bonds is 18. The second-order valence-corrected chi connectivity index (χ2v) is 16.2. The summed E-state index contributed by atoms with van der Waals surface area (Å²) in [7, 11) is 3.98. The van der Waals surface area contributed by atoms with Crippen LogP contribution in [0.25, 0.3) is 0 Å². The summed E-state index contributed by atoms with van der Waals surface area (Å²) in [6.45, 7) is 7.92. The van der Waals surface area contributed by atoms with Gasteiger partial charge in [-0.2, -0.15) is 0 Å². The second kappa shape index (κ2) is 21.7. The fraction of sp³-hybridized carbons (Fsp3) is 0.200. The number of anilines is 2. The van der Waals surface area contributed by atoms with Gasteiger partial charge in [-0.05, 0) is 176 Å². The van der Waals surface area contributed by atoms with Crippen LogP contribution in [0, 0.1) is 21.6 Å². The molecule has 0 unspecified atom stereocenters. The van der Waals surface area contributed by atoms with Crippen LogP contribution in [-0.2, 0) is 26.4 Å². The Labute approximate surface area is 375 Å². The minimum atomic E-state index is -0.0946. The van der Waals surface area contributed by atoms with Crippen molar-refractivity contribution in [2.45, 2.75) is 52.7 Å². The van der Waals surface area contributed by atoms with Crippen LogP contribution in [0.1, 0.15) is 65.3 Å². The standard InChI is InChI=1S/C26H31N5O2.C24H27N5O2/c1-26(2,3)31-21-13-17(15-32-22-8-4-19(5-9-22)24(27)28)12-18(14-21)16-33-23-10-6-20(7-11-23)25(29)30;1-29(2)20-12-16(14-30-21-7-3-18(4-8-21)23(25)26)11-17(13-20)15-31-22-9-5-19(6-10-22)24(27)28/h4-14,31H,15-16H2,1-3H3,(H3,27,28)(H3,29,30);3-13H,14-15H2,1-2H3,(H3,25,26)(H3,27,28). The number of nitrogens with one attached hydrogen (secondary N) is 5. The minimum absolute atomic E-state index is 0.0306. The Morgan fingerprint density at radius 2 is 0.688 bits per heavy atom. The van der Waals surface area contributed by atoms with Crippen molar-refractivity contribution in [3.05, 3.63) is 178 Å². The monoisotopic (exact) mass is 862 g/mol. The normalized spacial score (nSPS) is 10.7. The van der Waals surface area contributed by atoms with Gasteiger partial charge in [0, 0.05) is 53.3 Å². The molecule has 0 heterocycles. The molecule has 0 saturated carbocycles. The molecule has 0 aliphatic rings. The predicted molar refractivity (Wildman–Crippen MR) is 258 cm³/mol. The number of hydrogen-bond acceptors (Lipinski definition) is 10. The number of nitrogens with two attached hydrogens (primary N) is 4. The highest BCUT2D eigenvalue weighted by Gasteiger charge is 2.12. The second-order valence-electron chi connectivity index (χ2n) is 16.2. The molecule has 0 radical (unpaired) electrons. The average Bonchev–Trinajstić information content (AvgIpc) is 3.26. The number of nitrogen functional groups attached to an aromatic ring is 4. The van der Waals surface area contributed by atoms with Crippen molar-refractivity contribution in [3.63, 3.8) is 0 Å². The van der Waals surface area contributed by atoms with Crippen molar-refractivity contribution in [1.29, 1.82) is 21.6 Å². The van der Waals surface area contributed by atoms with Crippen LogP contribution in [0.15, 0.2) is 133 Å². The summed E-state index contributed by atoms with van der Waals surface area (Å²) >= 11 is 0. The summed E-state index contributed by atoms with van der Waals surface area (Å²) in [4.78, 5) is 2.04. The van der Waals surface area contributed by atoms with E-state index in [9.17, 15) is 0 Å². The Morgan fingerprint density at radius 1 is 0.438 bits per heavy atom. The summed E-state index contributed by atoms with van der Waals surface area (Å²) in [5.41, 5.74) is 30.7. The van der Waals surface area contributed by atoms with Gasteiger partial charge in [0.25, 0.3) is 0 Å².